The normalized spacial score (nSPS) is 13.9. The number of rotatable bonds is 5. The molecule has 1 aromatic heterocycles. The number of hydrogen-bond acceptors (Lipinski definition) is 4. The number of anilines is 1. The lowest BCUT2D eigenvalue weighted by Crippen LogP contribution is -2.46. The van der Waals surface area contributed by atoms with E-state index >= 15 is 0 Å². The third-order valence-electron chi connectivity index (χ3n) is 2.23. The molecule has 16 heavy (non-hydrogen) atoms. The molecule has 1 rings (SSSR count). The summed E-state index contributed by atoms with van der Waals surface area (Å²) < 4.78 is 0. The Labute approximate surface area is 94.9 Å². The van der Waals surface area contributed by atoms with Gasteiger partial charge in [0, 0.05) is 12.4 Å². The van der Waals surface area contributed by atoms with Gasteiger partial charge in [-0.2, -0.15) is 0 Å². The summed E-state index contributed by atoms with van der Waals surface area (Å²) in [5.74, 6) is -0.439. The number of pyridine rings is 1. The Kier molecular flexibility index (Phi) is 4.25. The SMILES string of the molecule is CCCC(C)(O)C(=O)NNc1ccncc1. The van der Waals surface area contributed by atoms with Crippen molar-refractivity contribution in [2.45, 2.75) is 32.3 Å². The van der Waals surface area contributed by atoms with E-state index in [1.807, 2.05) is 6.92 Å². The molecule has 0 aliphatic carbocycles. The quantitative estimate of drug-likeness (QED) is 0.653. The van der Waals surface area contributed by atoms with Gasteiger partial charge in [-0.1, -0.05) is 13.3 Å². The first-order valence-electron chi connectivity index (χ1n) is 5.25. The maximum Gasteiger partial charge on any atom is 0.269 e. The second kappa shape index (κ2) is 5.46. The van der Waals surface area contributed by atoms with Gasteiger partial charge in [0.05, 0.1) is 5.69 Å². The van der Waals surface area contributed by atoms with Crippen molar-refractivity contribution in [1.29, 1.82) is 0 Å². The molecule has 0 saturated heterocycles. The van der Waals surface area contributed by atoms with Gasteiger partial charge in [-0.3, -0.25) is 20.6 Å². The van der Waals surface area contributed by atoms with Crippen LogP contribution in [0, 0.1) is 0 Å². The second-order valence-corrected chi connectivity index (χ2v) is 3.84. The van der Waals surface area contributed by atoms with Crippen LogP contribution in [-0.4, -0.2) is 21.6 Å². The predicted molar refractivity (Wildman–Crippen MR) is 61.5 cm³/mol. The first-order valence-corrected chi connectivity index (χ1v) is 5.25. The Bertz CT molecular complexity index is 338. The van der Waals surface area contributed by atoms with Gasteiger partial charge in [-0.05, 0) is 25.5 Å². The fraction of sp³-hybridized carbons (Fsp3) is 0.455. The topological polar surface area (TPSA) is 74.2 Å². The fourth-order valence-electron chi connectivity index (χ4n) is 1.30. The van der Waals surface area contributed by atoms with Crippen molar-refractivity contribution >= 4 is 11.6 Å². The number of carbonyl (C=O) groups excluding carboxylic acids is 1. The van der Waals surface area contributed by atoms with Crippen LogP contribution in [0.25, 0.3) is 0 Å². The van der Waals surface area contributed by atoms with E-state index in [0.717, 1.165) is 12.1 Å². The first-order chi connectivity index (χ1) is 7.56. The number of hydrazine groups is 1. The Morgan fingerprint density at radius 3 is 2.69 bits per heavy atom. The lowest BCUT2D eigenvalue weighted by Gasteiger charge is -2.21. The minimum absolute atomic E-state index is 0.427. The van der Waals surface area contributed by atoms with Crippen LogP contribution in [0.4, 0.5) is 5.69 Å². The first kappa shape index (κ1) is 12.4. The number of nitrogens with one attached hydrogen (secondary N) is 2. The highest BCUT2D eigenvalue weighted by Crippen LogP contribution is 2.11. The van der Waals surface area contributed by atoms with Crippen molar-refractivity contribution in [3.63, 3.8) is 0 Å². The Hall–Kier alpha value is -1.62. The monoisotopic (exact) mass is 223 g/mol. The molecule has 1 atom stereocenters. The van der Waals surface area contributed by atoms with E-state index in [1.165, 1.54) is 6.92 Å². The zero-order valence-electron chi connectivity index (χ0n) is 9.53. The van der Waals surface area contributed by atoms with Gasteiger partial charge in [0.15, 0.2) is 0 Å². The third kappa shape index (κ3) is 3.51. The average molecular weight is 223 g/mol. The molecule has 0 bridgehead atoms. The van der Waals surface area contributed by atoms with Crippen LogP contribution >= 0.6 is 0 Å². The Morgan fingerprint density at radius 1 is 1.50 bits per heavy atom. The van der Waals surface area contributed by atoms with Gasteiger partial charge >= 0.3 is 0 Å². The molecule has 0 aromatic carbocycles. The van der Waals surface area contributed by atoms with Crippen LogP contribution in [0.15, 0.2) is 24.5 Å². The molecule has 0 saturated carbocycles. The molecule has 1 aromatic rings. The largest absolute Gasteiger partial charge is 0.380 e. The summed E-state index contributed by atoms with van der Waals surface area (Å²) in [5, 5.41) is 9.80. The minimum atomic E-state index is -1.34. The molecular formula is C11H17N3O2. The third-order valence-corrected chi connectivity index (χ3v) is 2.23. The van der Waals surface area contributed by atoms with Crippen molar-refractivity contribution in [3.8, 4) is 0 Å². The summed E-state index contributed by atoms with van der Waals surface area (Å²) >= 11 is 0. The van der Waals surface area contributed by atoms with E-state index in [0.29, 0.717) is 6.42 Å². The maximum absolute atomic E-state index is 11.6. The number of carbonyl (C=O) groups is 1. The zero-order chi connectivity index (χ0) is 12.0. The fourth-order valence-corrected chi connectivity index (χ4v) is 1.30. The Morgan fingerprint density at radius 2 is 2.12 bits per heavy atom. The summed E-state index contributed by atoms with van der Waals surface area (Å²) in [5.41, 5.74) is 4.55. The van der Waals surface area contributed by atoms with E-state index in [2.05, 4.69) is 15.8 Å². The highest BCUT2D eigenvalue weighted by molar-refractivity contribution is 5.85. The molecule has 0 aliphatic rings. The van der Waals surface area contributed by atoms with E-state index in [9.17, 15) is 9.90 Å². The molecule has 1 unspecified atom stereocenters. The van der Waals surface area contributed by atoms with Crippen molar-refractivity contribution in [3.05, 3.63) is 24.5 Å². The van der Waals surface area contributed by atoms with Crippen LogP contribution in [0.2, 0.25) is 0 Å². The second-order valence-electron chi connectivity index (χ2n) is 3.84. The van der Waals surface area contributed by atoms with Crippen LogP contribution in [0.1, 0.15) is 26.7 Å². The van der Waals surface area contributed by atoms with E-state index in [1.54, 1.807) is 24.5 Å². The number of aromatic nitrogens is 1. The van der Waals surface area contributed by atoms with Gasteiger partial charge in [0.25, 0.3) is 5.91 Å². The lowest BCUT2D eigenvalue weighted by atomic mass is 10.0. The van der Waals surface area contributed by atoms with Gasteiger partial charge < -0.3 is 5.11 Å². The highest BCUT2D eigenvalue weighted by atomic mass is 16.3. The summed E-state index contributed by atoms with van der Waals surface area (Å²) in [4.78, 5) is 15.4. The summed E-state index contributed by atoms with van der Waals surface area (Å²) in [6, 6.07) is 3.43. The zero-order valence-corrected chi connectivity index (χ0v) is 9.53. The van der Waals surface area contributed by atoms with Crippen molar-refractivity contribution in [2.75, 3.05) is 5.43 Å². The van der Waals surface area contributed by atoms with Crippen LogP contribution < -0.4 is 10.9 Å². The number of amides is 1. The molecule has 0 radical (unpaired) electrons. The smallest absolute Gasteiger partial charge is 0.269 e. The van der Waals surface area contributed by atoms with Crippen molar-refractivity contribution in [2.24, 2.45) is 0 Å². The molecule has 1 amide bonds. The molecule has 5 nitrogen and oxygen atoms in total. The average Bonchev–Trinajstić information content (AvgIpc) is 2.27. The number of hydrogen-bond donors (Lipinski definition) is 3. The molecule has 88 valence electrons. The summed E-state index contributed by atoms with van der Waals surface area (Å²) in [7, 11) is 0. The molecular weight excluding hydrogens is 206 g/mol. The highest BCUT2D eigenvalue weighted by Gasteiger charge is 2.28. The minimum Gasteiger partial charge on any atom is -0.380 e. The van der Waals surface area contributed by atoms with Crippen molar-refractivity contribution in [1.82, 2.24) is 10.4 Å². The van der Waals surface area contributed by atoms with E-state index in [-0.39, 0.29) is 0 Å². The number of aliphatic hydroxyl groups is 1. The van der Waals surface area contributed by atoms with Crippen molar-refractivity contribution < 1.29 is 9.90 Å². The Balaban J connectivity index is 2.47. The lowest BCUT2D eigenvalue weighted by molar-refractivity contribution is -0.138. The molecule has 0 aliphatic heterocycles. The van der Waals surface area contributed by atoms with E-state index in [4.69, 9.17) is 0 Å². The van der Waals surface area contributed by atoms with Gasteiger partial charge in [-0.15, -0.1) is 0 Å². The molecule has 3 N–H and O–H groups in total. The molecule has 0 fully saturated rings. The van der Waals surface area contributed by atoms with E-state index < -0.39 is 11.5 Å². The number of nitrogens with zero attached hydrogens (tertiary/aromatic N) is 1. The van der Waals surface area contributed by atoms with Gasteiger partial charge in [0.2, 0.25) is 0 Å². The molecule has 5 heteroatoms. The summed E-state index contributed by atoms with van der Waals surface area (Å²) in [6.45, 7) is 3.41. The molecule has 0 spiro atoms. The van der Waals surface area contributed by atoms with Crippen LogP contribution in [-0.2, 0) is 4.79 Å². The van der Waals surface area contributed by atoms with Crippen LogP contribution in [0.3, 0.4) is 0 Å². The maximum atomic E-state index is 11.6. The van der Waals surface area contributed by atoms with Crippen LogP contribution in [0.5, 0.6) is 0 Å². The summed E-state index contributed by atoms with van der Waals surface area (Å²) in [6.07, 6.45) is 4.39. The standard InChI is InChI=1S/C11H17N3O2/c1-3-6-11(2,16)10(15)14-13-9-4-7-12-8-5-9/h4-5,7-8,16H,3,6H2,1-2H3,(H,12,13)(H,14,15). The van der Waals surface area contributed by atoms with Gasteiger partial charge in [-0.25, -0.2) is 0 Å². The van der Waals surface area contributed by atoms with Gasteiger partial charge in [0.1, 0.15) is 5.60 Å². The predicted octanol–water partition coefficient (Wildman–Crippen LogP) is 1.08. The molecule has 1 heterocycles.